The van der Waals surface area contributed by atoms with Crippen molar-refractivity contribution in [3.63, 3.8) is 0 Å². The summed E-state index contributed by atoms with van der Waals surface area (Å²) in [4.78, 5) is 33.1. The fraction of sp³-hybridized carbons (Fsp3) is 0.571. The second-order valence-corrected chi connectivity index (χ2v) is 6.18. The molecule has 1 saturated heterocycles. The van der Waals surface area contributed by atoms with Crippen LogP contribution in [0.3, 0.4) is 0 Å². The van der Waals surface area contributed by atoms with Crippen molar-refractivity contribution in [1.82, 2.24) is 10.0 Å². The Labute approximate surface area is 128 Å². The van der Waals surface area contributed by atoms with Gasteiger partial charge in [-0.05, 0) is 36.7 Å². The first kappa shape index (κ1) is 16.2. The molecular formula is C14H20N4O4. The lowest BCUT2D eigenvalue weighted by Crippen LogP contribution is -2.48. The Morgan fingerprint density at radius 2 is 1.91 bits per heavy atom. The highest BCUT2D eigenvalue weighted by molar-refractivity contribution is 5.75. The second kappa shape index (κ2) is 6.27. The van der Waals surface area contributed by atoms with Crippen LogP contribution < -0.4 is 4.90 Å². The fourth-order valence-electron chi connectivity index (χ4n) is 1.97. The van der Waals surface area contributed by atoms with Crippen LogP contribution in [0, 0.1) is 15.5 Å². The molecular weight excluding hydrogens is 288 g/mol. The number of piperazine rings is 1. The lowest BCUT2D eigenvalue weighted by atomic mass is 9.98. The number of hydrogen-bond acceptors (Lipinski definition) is 7. The Hall–Kier alpha value is -2.22. The van der Waals surface area contributed by atoms with Crippen LogP contribution in [-0.2, 0) is 9.63 Å². The van der Waals surface area contributed by atoms with Crippen molar-refractivity contribution in [2.24, 2.45) is 5.41 Å². The largest absolute Gasteiger partial charge is 0.367 e. The first-order valence-corrected chi connectivity index (χ1v) is 7.10. The van der Waals surface area contributed by atoms with Gasteiger partial charge in [-0.2, -0.15) is 0 Å². The van der Waals surface area contributed by atoms with Gasteiger partial charge in [-0.25, -0.2) is 4.79 Å². The van der Waals surface area contributed by atoms with E-state index in [-0.39, 0.29) is 11.8 Å². The summed E-state index contributed by atoms with van der Waals surface area (Å²) in [5, 5.41) is 12.2. The highest BCUT2D eigenvalue weighted by Crippen LogP contribution is 2.20. The first-order valence-electron chi connectivity index (χ1n) is 7.10. The lowest BCUT2D eigenvalue weighted by molar-refractivity contribution is -0.389. The van der Waals surface area contributed by atoms with Gasteiger partial charge in [-0.1, -0.05) is 0 Å². The predicted molar refractivity (Wildman–Crippen MR) is 80.2 cm³/mol. The smallest absolute Gasteiger partial charge is 0.363 e. The van der Waals surface area contributed by atoms with Crippen LogP contribution in [0.1, 0.15) is 20.8 Å². The summed E-state index contributed by atoms with van der Waals surface area (Å²) in [6.45, 7) is 7.93. The van der Waals surface area contributed by atoms with Crippen molar-refractivity contribution >= 4 is 17.5 Å². The summed E-state index contributed by atoms with van der Waals surface area (Å²) in [5.41, 5.74) is 0.298. The second-order valence-electron chi connectivity index (χ2n) is 6.18. The monoisotopic (exact) mass is 308 g/mol. The molecule has 0 bridgehead atoms. The Morgan fingerprint density at radius 3 is 2.36 bits per heavy atom. The quantitative estimate of drug-likeness (QED) is 0.619. The third-order valence-electron chi connectivity index (χ3n) is 3.35. The standard InChI is InChI=1S/C14H20N4O4/c1-14(2,3)13(19)22-17-8-6-16(7-9-17)11-4-5-12(15-10-11)18(20)21/h4-5,10H,6-9H2,1-3H3. The van der Waals surface area contributed by atoms with Gasteiger partial charge in [0.15, 0.2) is 6.20 Å². The van der Waals surface area contributed by atoms with Crippen molar-refractivity contribution < 1.29 is 14.6 Å². The van der Waals surface area contributed by atoms with Gasteiger partial charge in [0.25, 0.3) is 0 Å². The number of carbonyl (C=O) groups is 1. The Balaban J connectivity index is 1.89. The zero-order valence-electron chi connectivity index (χ0n) is 13.0. The molecule has 22 heavy (non-hydrogen) atoms. The van der Waals surface area contributed by atoms with Crippen LogP contribution in [0.4, 0.5) is 11.5 Å². The number of carbonyl (C=O) groups excluding carboxylic acids is 1. The van der Waals surface area contributed by atoms with Gasteiger partial charge < -0.3 is 19.9 Å². The van der Waals surface area contributed by atoms with Crippen molar-refractivity contribution in [2.45, 2.75) is 20.8 Å². The van der Waals surface area contributed by atoms with E-state index < -0.39 is 10.3 Å². The normalized spacial score (nSPS) is 16.4. The lowest BCUT2D eigenvalue weighted by Gasteiger charge is -2.35. The van der Waals surface area contributed by atoms with Gasteiger partial charge in [0.05, 0.1) is 24.2 Å². The first-order chi connectivity index (χ1) is 10.3. The molecule has 0 atom stereocenters. The van der Waals surface area contributed by atoms with Crippen molar-refractivity contribution in [3.8, 4) is 0 Å². The van der Waals surface area contributed by atoms with Crippen molar-refractivity contribution in [1.29, 1.82) is 0 Å². The van der Waals surface area contributed by atoms with Crippen molar-refractivity contribution in [3.05, 3.63) is 28.4 Å². The Bertz CT molecular complexity index is 545. The van der Waals surface area contributed by atoms with E-state index in [0.717, 1.165) is 5.69 Å². The fourth-order valence-corrected chi connectivity index (χ4v) is 1.97. The van der Waals surface area contributed by atoms with E-state index in [1.807, 2.05) is 20.8 Å². The zero-order chi connectivity index (χ0) is 16.3. The van der Waals surface area contributed by atoms with Gasteiger partial charge in [-0.15, -0.1) is 5.06 Å². The molecule has 0 unspecified atom stereocenters. The van der Waals surface area contributed by atoms with E-state index in [4.69, 9.17) is 4.84 Å². The van der Waals surface area contributed by atoms with Crippen LogP contribution >= 0.6 is 0 Å². The predicted octanol–water partition coefficient (Wildman–Crippen LogP) is 1.62. The minimum atomic E-state index is -0.528. The molecule has 0 aromatic carbocycles. The maximum Gasteiger partial charge on any atom is 0.363 e. The number of pyridine rings is 1. The number of nitro groups is 1. The van der Waals surface area contributed by atoms with Crippen LogP contribution in [0.25, 0.3) is 0 Å². The molecule has 1 aliphatic rings. The Morgan fingerprint density at radius 1 is 1.27 bits per heavy atom. The Kier molecular flexibility index (Phi) is 4.60. The number of hydroxylamine groups is 2. The number of nitrogens with zero attached hydrogens (tertiary/aromatic N) is 4. The SMILES string of the molecule is CC(C)(C)C(=O)ON1CCN(c2ccc([N+](=O)[O-])nc2)CC1. The summed E-state index contributed by atoms with van der Waals surface area (Å²) >= 11 is 0. The van der Waals surface area contributed by atoms with Crippen LogP contribution in [-0.4, -0.2) is 47.1 Å². The third-order valence-corrected chi connectivity index (χ3v) is 3.35. The molecule has 0 saturated carbocycles. The molecule has 1 aromatic rings. The summed E-state index contributed by atoms with van der Waals surface area (Å²) in [5.74, 6) is -0.417. The van der Waals surface area contributed by atoms with E-state index in [1.165, 1.54) is 12.3 Å². The minimum absolute atomic E-state index is 0.165. The summed E-state index contributed by atoms with van der Waals surface area (Å²) in [6.07, 6.45) is 1.49. The summed E-state index contributed by atoms with van der Waals surface area (Å²) < 4.78 is 0. The molecule has 0 amide bonds. The molecule has 0 N–H and O–H groups in total. The average molecular weight is 308 g/mol. The third kappa shape index (κ3) is 3.91. The molecule has 2 rings (SSSR count). The average Bonchev–Trinajstić information content (AvgIpc) is 2.47. The topological polar surface area (TPSA) is 88.8 Å². The van der Waals surface area contributed by atoms with Crippen LogP contribution in [0.2, 0.25) is 0 Å². The molecule has 2 heterocycles. The van der Waals surface area contributed by atoms with E-state index in [9.17, 15) is 14.9 Å². The van der Waals surface area contributed by atoms with Crippen LogP contribution in [0.15, 0.2) is 18.3 Å². The van der Waals surface area contributed by atoms with E-state index in [0.29, 0.717) is 26.2 Å². The van der Waals surface area contributed by atoms with E-state index in [2.05, 4.69) is 9.88 Å². The van der Waals surface area contributed by atoms with Gasteiger partial charge in [-0.3, -0.25) is 0 Å². The van der Waals surface area contributed by atoms with Gasteiger partial charge in [0, 0.05) is 19.2 Å². The number of aromatic nitrogens is 1. The highest BCUT2D eigenvalue weighted by Gasteiger charge is 2.28. The zero-order valence-corrected chi connectivity index (χ0v) is 13.0. The summed E-state index contributed by atoms with van der Waals surface area (Å²) in [7, 11) is 0. The van der Waals surface area contributed by atoms with Crippen LogP contribution in [0.5, 0.6) is 0 Å². The molecule has 1 fully saturated rings. The summed E-state index contributed by atoms with van der Waals surface area (Å²) in [6, 6.07) is 3.07. The number of anilines is 1. The van der Waals surface area contributed by atoms with Crippen molar-refractivity contribution in [2.75, 3.05) is 31.1 Å². The molecule has 0 spiro atoms. The highest BCUT2D eigenvalue weighted by atomic mass is 16.7. The molecule has 0 radical (unpaired) electrons. The molecule has 1 aromatic heterocycles. The maximum atomic E-state index is 11.8. The molecule has 8 heteroatoms. The molecule has 120 valence electrons. The van der Waals surface area contributed by atoms with E-state index >= 15 is 0 Å². The van der Waals surface area contributed by atoms with Gasteiger partial charge in [0.2, 0.25) is 0 Å². The molecule has 8 nitrogen and oxygen atoms in total. The molecule has 0 aliphatic carbocycles. The number of hydrogen-bond donors (Lipinski definition) is 0. The minimum Gasteiger partial charge on any atom is -0.367 e. The van der Waals surface area contributed by atoms with Gasteiger partial charge >= 0.3 is 11.8 Å². The number of rotatable bonds is 3. The van der Waals surface area contributed by atoms with E-state index in [1.54, 1.807) is 11.1 Å². The van der Waals surface area contributed by atoms with Gasteiger partial charge in [0.1, 0.15) is 0 Å². The molecule has 1 aliphatic heterocycles. The maximum absolute atomic E-state index is 11.8.